The van der Waals surface area contributed by atoms with E-state index in [1.807, 2.05) is 36.7 Å². The highest BCUT2D eigenvalue weighted by Gasteiger charge is 2.12. The normalized spacial score (nSPS) is 12.1. The number of carbonyl (C=O) groups excluding carboxylic acids is 1. The molecular weight excluding hydrogens is 367 g/mol. The molecule has 0 saturated carbocycles. The summed E-state index contributed by atoms with van der Waals surface area (Å²) >= 11 is 4.58. The van der Waals surface area contributed by atoms with Gasteiger partial charge in [-0.1, -0.05) is 33.3 Å². The second-order valence-electron chi connectivity index (χ2n) is 4.96. The van der Waals surface area contributed by atoms with Gasteiger partial charge in [0.15, 0.2) is 4.80 Å². The maximum Gasteiger partial charge on any atom is 0.282 e. The molecule has 0 fully saturated rings. The van der Waals surface area contributed by atoms with Gasteiger partial charge in [-0.15, -0.1) is 0 Å². The first-order valence-electron chi connectivity index (χ1n) is 6.56. The standard InChI is InChI=1S/C16H12BrFN2OS/c1-9-3-6-13-14(7-9)22-16(20(13)2)19-15(21)11-5-4-10(17)8-12(11)18/h3-8H,1-2H3. The van der Waals surface area contributed by atoms with E-state index in [1.54, 1.807) is 6.07 Å². The zero-order valence-corrected chi connectivity index (χ0v) is 14.3. The number of benzene rings is 2. The van der Waals surface area contributed by atoms with Crippen LogP contribution in [0.3, 0.4) is 0 Å². The third kappa shape index (κ3) is 2.76. The lowest BCUT2D eigenvalue weighted by Gasteiger charge is -1.99. The molecule has 0 N–H and O–H groups in total. The number of hydrogen-bond donors (Lipinski definition) is 0. The number of halogens is 2. The van der Waals surface area contributed by atoms with Gasteiger partial charge in [-0.3, -0.25) is 4.79 Å². The lowest BCUT2D eigenvalue weighted by Crippen LogP contribution is -2.13. The zero-order chi connectivity index (χ0) is 15.9. The number of aromatic nitrogens is 1. The number of amides is 1. The summed E-state index contributed by atoms with van der Waals surface area (Å²) in [4.78, 5) is 16.8. The van der Waals surface area contributed by atoms with Crippen molar-refractivity contribution < 1.29 is 9.18 Å². The van der Waals surface area contributed by atoms with Gasteiger partial charge < -0.3 is 4.57 Å². The average molecular weight is 379 g/mol. The van der Waals surface area contributed by atoms with Crippen LogP contribution in [0.2, 0.25) is 0 Å². The van der Waals surface area contributed by atoms with Gasteiger partial charge >= 0.3 is 0 Å². The second kappa shape index (κ2) is 5.78. The Morgan fingerprint density at radius 3 is 2.77 bits per heavy atom. The predicted octanol–water partition coefficient (Wildman–Crippen LogP) is 4.19. The number of carbonyl (C=O) groups is 1. The number of rotatable bonds is 1. The molecule has 0 atom stereocenters. The fraction of sp³-hybridized carbons (Fsp3) is 0.125. The van der Waals surface area contributed by atoms with E-state index < -0.39 is 11.7 Å². The van der Waals surface area contributed by atoms with E-state index in [0.29, 0.717) is 9.27 Å². The quantitative estimate of drug-likeness (QED) is 0.624. The largest absolute Gasteiger partial charge is 0.319 e. The van der Waals surface area contributed by atoms with E-state index in [-0.39, 0.29) is 5.56 Å². The van der Waals surface area contributed by atoms with Gasteiger partial charge in [-0.05, 0) is 42.8 Å². The first-order chi connectivity index (χ1) is 10.5. The smallest absolute Gasteiger partial charge is 0.282 e. The Morgan fingerprint density at radius 2 is 2.05 bits per heavy atom. The average Bonchev–Trinajstić information content (AvgIpc) is 2.74. The minimum absolute atomic E-state index is 0.0307. The Labute approximate surface area is 138 Å². The monoisotopic (exact) mass is 378 g/mol. The van der Waals surface area contributed by atoms with Gasteiger partial charge in [0.25, 0.3) is 5.91 Å². The molecule has 22 heavy (non-hydrogen) atoms. The Morgan fingerprint density at radius 1 is 1.27 bits per heavy atom. The maximum atomic E-state index is 13.8. The van der Waals surface area contributed by atoms with Gasteiger partial charge in [0.1, 0.15) is 5.82 Å². The van der Waals surface area contributed by atoms with Crippen LogP contribution in [0, 0.1) is 12.7 Å². The fourth-order valence-electron chi connectivity index (χ4n) is 2.16. The summed E-state index contributed by atoms with van der Waals surface area (Å²) in [5.41, 5.74) is 2.11. The molecule has 0 aliphatic heterocycles. The molecule has 0 radical (unpaired) electrons. The van der Waals surface area contributed by atoms with Crippen molar-refractivity contribution in [1.82, 2.24) is 4.57 Å². The highest BCUT2D eigenvalue weighted by atomic mass is 79.9. The van der Waals surface area contributed by atoms with Gasteiger partial charge in [0.2, 0.25) is 0 Å². The third-order valence-electron chi connectivity index (χ3n) is 3.32. The first kappa shape index (κ1) is 15.1. The van der Waals surface area contributed by atoms with E-state index in [0.717, 1.165) is 15.8 Å². The van der Waals surface area contributed by atoms with Gasteiger partial charge in [-0.25, -0.2) is 4.39 Å². The SMILES string of the molecule is Cc1ccc2c(c1)sc(=NC(=O)c1ccc(Br)cc1F)n2C. The lowest BCUT2D eigenvalue weighted by molar-refractivity contribution is 0.0994. The van der Waals surface area contributed by atoms with Gasteiger partial charge in [0, 0.05) is 11.5 Å². The van der Waals surface area contributed by atoms with Crippen LogP contribution in [0.4, 0.5) is 4.39 Å². The van der Waals surface area contributed by atoms with Crippen molar-refractivity contribution in [1.29, 1.82) is 0 Å². The minimum atomic E-state index is -0.581. The number of fused-ring (bicyclic) bond motifs is 1. The maximum absolute atomic E-state index is 13.8. The summed E-state index contributed by atoms with van der Waals surface area (Å²) in [7, 11) is 1.85. The molecule has 0 bridgehead atoms. The van der Waals surface area contributed by atoms with Crippen molar-refractivity contribution >= 4 is 43.4 Å². The Bertz CT molecular complexity index is 958. The van der Waals surface area contributed by atoms with E-state index in [4.69, 9.17) is 0 Å². The van der Waals surface area contributed by atoms with Gasteiger partial charge in [0.05, 0.1) is 15.8 Å². The highest BCUT2D eigenvalue weighted by molar-refractivity contribution is 9.10. The van der Waals surface area contributed by atoms with Crippen molar-refractivity contribution in [2.24, 2.45) is 12.0 Å². The molecule has 6 heteroatoms. The molecule has 3 aromatic rings. The third-order valence-corrected chi connectivity index (χ3v) is 4.91. The minimum Gasteiger partial charge on any atom is -0.319 e. The van der Waals surface area contributed by atoms with E-state index in [2.05, 4.69) is 20.9 Å². The number of nitrogens with zero attached hydrogens (tertiary/aromatic N) is 2. The van der Waals surface area contributed by atoms with Crippen LogP contribution in [-0.4, -0.2) is 10.5 Å². The molecule has 3 nitrogen and oxygen atoms in total. The molecule has 0 spiro atoms. The molecule has 0 aliphatic rings. The summed E-state index contributed by atoms with van der Waals surface area (Å²) in [5, 5.41) is 0. The summed E-state index contributed by atoms with van der Waals surface area (Å²) in [6.07, 6.45) is 0. The summed E-state index contributed by atoms with van der Waals surface area (Å²) < 4.78 is 17.3. The number of hydrogen-bond acceptors (Lipinski definition) is 2. The van der Waals surface area contributed by atoms with Crippen molar-refractivity contribution in [2.45, 2.75) is 6.92 Å². The fourth-order valence-corrected chi connectivity index (χ4v) is 3.61. The van der Waals surface area contributed by atoms with E-state index in [9.17, 15) is 9.18 Å². The Hall–Kier alpha value is -1.79. The molecule has 0 aliphatic carbocycles. The van der Waals surface area contributed by atoms with Crippen LogP contribution in [0.5, 0.6) is 0 Å². The van der Waals surface area contributed by atoms with Crippen molar-refractivity contribution in [3.63, 3.8) is 0 Å². The molecule has 0 unspecified atom stereocenters. The Balaban J connectivity index is 2.12. The molecule has 3 rings (SSSR count). The topological polar surface area (TPSA) is 34.4 Å². The first-order valence-corrected chi connectivity index (χ1v) is 8.17. The van der Waals surface area contributed by atoms with Crippen LogP contribution in [0.25, 0.3) is 10.2 Å². The van der Waals surface area contributed by atoms with Crippen LogP contribution < -0.4 is 4.80 Å². The molecule has 1 heterocycles. The zero-order valence-electron chi connectivity index (χ0n) is 11.9. The van der Waals surface area contributed by atoms with Crippen molar-refractivity contribution in [3.05, 3.63) is 62.6 Å². The summed E-state index contributed by atoms with van der Waals surface area (Å²) in [6, 6.07) is 10.4. The summed E-state index contributed by atoms with van der Waals surface area (Å²) in [6.45, 7) is 2.01. The number of thiazole rings is 1. The number of aryl methyl sites for hydroxylation is 2. The van der Waals surface area contributed by atoms with Crippen LogP contribution in [-0.2, 0) is 7.05 Å². The summed E-state index contributed by atoms with van der Waals surface area (Å²) in [5.74, 6) is -1.16. The van der Waals surface area contributed by atoms with Crippen LogP contribution in [0.1, 0.15) is 15.9 Å². The highest BCUT2D eigenvalue weighted by Crippen LogP contribution is 2.19. The van der Waals surface area contributed by atoms with E-state index >= 15 is 0 Å². The van der Waals surface area contributed by atoms with Crippen LogP contribution in [0.15, 0.2) is 45.9 Å². The van der Waals surface area contributed by atoms with Crippen molar-refractivity contribution in [3.8, 4) is 0 Å². The second-order valence-corrected chi connectivity index (χ2v) is 6.88. The predicted molar refractivity (Wildman–Crippen MR) is 89.5 cm³/mol. The van der Waals surface area contributed by atoms with Crippen molar-refractivity contribution in [2.75, 3.05) is 0 Å². The molecule has 1 amide bonds. The Kier molecular flexibility index (Phi) is 3.97. The molecule has 0 saturated heterocycles. The molecule has 2 aromatic carbocycles. The van der Waals surface area contributed by atoms with Crippen LogP contribution >= 0.6 is 27.3 Å². The lowest BCUT2D eigenvalue weighted by atomic mass is 10.2. The molecule has 1 aromatic heterocycles. The van der Waals surface area contributed by atoms with Gasteiger partial charge in [-0.2, -0.15) is 4.99 Å². The molecular formula is C16H12BrFN2OS. The van der Waals surface area contributed by atoms with E-state index in [1.165, 1.54) is 23.5 Å². The molecule has 112 valence electrons.